The minimum atomic E-state index is 0.199. The molecular weight excluding hydrogens is 386 g/mol. The Labute approximate surface area is 184 Å². The normalized spacial score (nSPS) is 18.4. The first-order valence-corrected chi connectivity index (χ1v) is 11.6. The molecule has 1 aromatic carbocycles. The SMILES string of the molecule is O=C(C1CCN(Cc2cnn(-c3ccccc3)c2-n2cccc2)CC1)N1CCCCC1. The van der Waals surface area contributed by atoms with Crippen LogP contribution in [0.25, 0.3) is 11.5 Å². The van der Waals surface area contributed by atoms with E-state index in [1.54, 1.807) is 0 Å². The molecule has 4 heterocycles. The minimum Gasteiger partial charge on any atom is -0.342 e. The summed E-state index contributed by atoms with van der Waals surface area (Å²) in [7, 11) is 0. The van der Waals surface area contributed by atoms with Crippen molar-refractivity contribution in [2.24, 2.45) is 5.92 Å². The highest BCUT2D eigenvalue weighted by Crippen LogP contribution is 2.26. The number of piperidine rings is 2. The van der Waals surface area contributed by atoms with Crippen LogP contribution >= 0.6 is 0 Å². The predicted octanol–water partition coefficient (Wildman–Crippen LogP) is 3.89. The molecule has 2 aromatic heterocycles. The monoisotopic (exact) mass is 417 g/mol. The van der Waals surface area contributed by atoms with E-state index in [1.807, 2.05) is 41.2 Å². The first-order chi connectivity index (χ1) is 15.3. The van der Waals surface area contributed by atoms with E-state index in [2.05, 4.69) is 38.9 Å². The van der Waals surface area contributed by atoms with Gasteiger partial charge in [-0.3, -0.25) is 9.69 Å². The molecule has 0 atom stereocenters. The Morgan fingerprint density at radius 1 is 0.903 bits per heavy atom. The zero-order chi connectivity index (χ0) is 21.0. The summed E-state index contributed by atoms with van der Waals surface area (Å²) in [4.78, 5) is 17.5. The van der Waals surface area contributed by atoms with Crippen LogP contribution in [0.4, 0.5) is 0 Å². The van der Waals surface area contributed by atoms with Gasteiger partial charge < -0.3 is 9.47 Å². The van der Waals surface area contributed by atoms with Gasteiger partial charge in [-0.05, 0) is 69.5 Å². The van der Waals surface area contributed by atoms with Crippen LogP contribution < -0.4 is 0 Å². The molecule has 0 aliphatic carbocycles. The van der Waals surface area contributed by atoms with Crippen molar-refractivity contribution >= 4 is 5.91 Å². The van der Waals surface area contributed by atoms with Crippen molar-refractivity contribution in [1.29, 1.82) is 0 Å². The Balaban J connectivity index is 1.29. The molecule has 31 heavy (non-hydrogen) atoms. The van der Waals surface area contributed by atoms with Crippen LogP contribution in [0, 0.1) is 5.92 Å². The van der Waals surface area contributed by atoms with Crippen molar-refractivity contribution in [2.45, 2.75) is 38.6 Å². The number of carbonyl (C=O) groups excluding carboxylic acids is 1. The van der Waals surface area contributed by atoms with Gasteiger partial charge in [-0.2, -0.15) is 5.10 Å². The average molecular weight is 418 g/mol. The lowest BCUT2D eigenvalue weighted by atomic mass is 9.94. The molecule has 2 aliphatic heterocycles. The van der Waals surface area contributed by atoms with Crippen LogP contribution in [-0.2, 0) is 11.3 Å². The first kappa shape index (κ1) is 20.1. The van der Waals surface area contributed by atoms with E-state index in [4.69, 9.17) is 5.10 Å². The third kappa shape index (κ3) is 4.30. The van der Waals surface area contributed by atoms with Gasteiger partial charge in [0.2, 0.25) is 5.91 Å². The highest BCUT2D eigenvalue weighted by atomic mass is 16.2. The summed E-state index contributed by atoms with van der Waals surface area (Å²) in [6.07, 6.45) is 11.7. The van der Waals surface area contributed by atoms with Crippen molar-refractivity contribution in [3.05, 3.63) is 66.6 Å². The molecule has 2 aliphatic rings. The summed E-state index contributed by atoms with van der Waals surface area (Å²) in [5.41, 5.74) is 2.27. The second kappa shape index (κ2) is 9.10. The van der Waals surface area contributed by atoms with Crippen molar-refractivity contribution < 1.29 is 4.79 Å². The van der Waals surface area contributed by atoms with E-state index in [0.717, 1.165) is 69.9 Å². The fourth-order valence-corrected chi connectivity index (χ4v) is 4.95. The molecule has 0 radical (unpaired) electrons. The van der Waals surface area contributed by atoms with Crippen LogP contribution in [0.3, 0.4) is 0 Å². The van der Waals surface area contributed by atoms with Crippen LogP contribution in [0.2, 0.25) is 0 Å². The molecule has 5 rings (SSSR count). The summed E-state index contributed by atoms with van der Waals surface area (Å²) in [5, 5.41) is 4.72. The molecule has 1 amide bonds. The zero-order valence-corrected chi connectivity index (χ0v) is 18.1. The van der Waals surface area contributed by atoms with Gasteiger partial charge in [-0.15, -0.1) is 0 Å². The average Bonchev–Trinajstić information content (AvgIpc) is 3.50. The maximum absolute atomic E-state index is 12.9. The number of likely N-dealkylation sites (tertiary alicyclic amines) is 2. The van der Waals surface area contributed by atoms with E-state index >= 15 is 0 Å². The molecule has 3 aromatic rings. The third-order valence-electron chi connectivity index (χ3n) is 6.67. The van der Waals surface area contributed by atoms with Crippen LogP contribution in [-0.4, -0.2) is 56.2 Å². The molecule has 0 spiro atoms. The fraction of sp³-hybridized carbons (Fsp3) is 0.440. The number of para-hydroxylation sites is 1. The third-order valence-corrected chi connectivity index (χ3v) is 6.67. The van der Waals surface area contributed by atoms with Gasteiger partial charge in [0, 0.05) is 43.5 Å². The number of hydrogen-bond donors (Lipinski definition) is 0. The number of amides is 1. The Morgan fingerprint density at radius 2 is 1.61 bits per heavy atom. The van der Waals surface area contributed by atoms with Gasteiger partial charge >= 0.3 is 0 Å². The molecule has 6 nitrogen and oxygen atoms in total. The van der Waals surface area contributed by atoms with Crippen molar-refractivity contribution in [3.8, 4) is 11.5 Å². The highest BCUT2D eigenvalue weighted by molar-refractivity contribution is 5.79. The van der Waals surface area contributed by atoms with Gasteiger partial charge in [0.05, 0.1) is 11.9 Å². The maximum atomic E-state index is 12.9. The van der Waals surface area contributed by atoms with Crippen molar-refractivity contribution in [1.82, 2.24) is 24.1 Å². The van der Waals surface area contributed by atoms with E-state index in [0.29, 0.717) is 5.91 Å². The Hall–Kier alpha value is -2.86. The number of carbonyl (C=O) groups is 1. The van der Waals surface area contributed by atoms with Gasteiger partial charge in [0.25, 0.3) is 0 Å². The van der Waals surface area contributed by atoms with Gasteiger partial charge in [-0.1, -0.05) is 18.2 Å². The second-order valence-corrected chi connectivity index (χ2v) is 8.77. The van der Waals surface area contributed by atoms with Crippen LogP contribution in [0.5, 0.6) is 0 Å². The summed E-state index contributed by atoms with van der Waals surface area (Å²) >= 11 is 0. The maximum Gasteiger partial charge on any atom is 0.225 e. The second-order valence-electron chi connectivity index (χ2n) is 8.77. The Morgan fingerprint density at radius 3 is 2.32 bits per heavy atom. The molecule has 0 saturated carbocycles. The lowest BCUT2D eigenvalue weighted by Gasteiger charge is -2.35. The largest absolute Gasteiger partial charge is 0.342 e. The summed E-state index contributed by atoms with van der Waals surface area (Å²) < 4.78 is 4.16. The van der Waals surface area contributed by atoms with Crippen LogP contribution in [0.15, 0.2) is 61.1 Å². The number of hydrogen-bond acceptors (Lipinski definition) is 3. The predicted molar refractivity (Wildman–Crippen MR) is 121 cm³/mol. The highest BCUT2D eigenvalue weighted by Gasteiger charge is 2.29. The molecule has 2 fully saturated rings. The molecule has 6 heteroatoms. The smallest absolute Gasteiger partial charge is 0.225 e. The van der Waals surface area contributed by atoms with E-state index < -0.39 is 0 Å². The molecule has 0 N–H and O–H groups in total. The molecular formula is C25H31N5O. The number of benzene rings is 1. The molecule has 2 saturated heterocycles. The molecule has 0 unspecified atom stereocenters. The lowest BCUT2D eigenvalue weighted by molar-refractivity contribution is -0.138. The number of rotatable bonds is 5. The first-order valence-electron chi connectivity index (χ1n) is 11.6. The van der Waals surface area contributed by atoms with E-state index in [-0.39, 0.29) is 5.92 Å². The van der Waals surface area contributed by atoms with Gasteiger partial charge in [0.1, 0.15) is 5.82 Å². The molecule has 0 bridgehead atoms. The molecule has 162 valence electrons. The Bertz CT molecular complexity index is 980. The topological polar surface area (TPSA) is 46.3 Å². The van der Waals surface area contributed by atoms with Crippen molar-refractivity contribution in [3.63, 3.8) is 0 Å². The standard InChI is InChI=1S/C25H31N5O/c31-25(29-15-5-2-6-16-29)21-11-17-27(18-12-21)20-22-19-26-30(23-9-3-1-4-10-23)24(22)28-13-7-8-14-28/h1,3-4,7-10,13-14,19,21H,2,5-6,11-12,15-18,20H2. The fourth-order valence-electron chi connectivity index (χ4n) is 4.95. The number of aromatic nitrogens is 3. The van der Waals surface area contributed by atoms with E-state index in [9.17, 15) is 4.79 Å². The summed E-state index contributed by atoms with van der Waals surface area (Å²) in [5.74, 6) is 1.68. The van der Waals surface area contributed by atoms with E-state index in [1.165, 1.54) is 12.0 Å². The van der Waals surface area contributed by atoms with Gasteiger partial charge in [0.15, 0.2) is 0 Å². The quantitative estimate of drug-likeness (QED) is 0.633. The summed E-state index contributed by atoms with van der Waals surface area (Å²) in [6, 6.07) is 14.4. The van der Waals surface area contributed by atoms with Gasteiger partial charge in [-0.25, -0.2) is 4.68 Å². The number of nitrogens with zero attached hydrogens (tertiary/aromatic N) is 5. The lowest BCUT2D eigenvalue weighted by Crippen LogP contribution is -2.44. The van der Waals surface area contributed by atoms with Crippen molar-refractivity contribution in [2.75, 3.05) is 26.2 Å². The zero-order valence-electron chi connectivity index (χ0n) is 18.1. The minimum absolute atomic E-state index is 0.199. The van der Waals surface area contributed by atoms with Crippen LogP contribution in [0.1, 0.15) is 37.7 Å². The summed E-state index contributed by atoms with van der Waals surface area (Å²) in [6.45, 7) is 4.69. The Kier molecular flexibility index (Phi) is 5.89.